The van der Waals surface area contributed by atoms with Gasteiger partial charge >= 0.3 is 0 Å². The zero-order valence-corrected chi connectivity index (χ0v) is 10.9. The molecule has 1 unspecified atom stereocenters. The van der Waals surface area contributed by atoms with Crippen LogP contribution in [0.25, 0.3) is 0 Å². The van der Waals surface area contributed by atoms with Gasteiger partial charge in [-0.1, -0.05) is 0 Å². The van der Waals surface area contributed by atoms with Crippen LogP contribution in [0.5, 0.6) is 0 Å². The lowest BCUT2D eigenvalue weighted by atomic mass is 10.1. The lowest BCUT2D eigenvalue weighted by molar-refractivity contribution is 0.437. The minimum absolute atomic E-state index is 0.127. The average Bonchev–Trinajstić information content (AvgIpc) is 2.19. The van der Waals surface area contributed by atoms with Crippen molar-refractivity contribution in [3.63, 3.8) is 0 Å². The highest BCUT2D eigenvalue weighted by molar-refractivity contribution is 7.99. The third-order valence-corrected chi connectivity index (χ3v) is 3.33. The van der Waals surface area contributed by atoms with E-state index in [9.17, 15) is 4.39 Å². The van der Waals surface area contributed by atoms with Gasteiger partial charge in [-0.2, -0.15) is 0 Å². The van der Waals surface area contributed by atoms with Gasteiger partial charge < -0.3 is 10.6 Å². The second-order valence-corrected chi connectivity index (χ2v) is 5.26. The Kier molecular flexibility index (Phi) is 5.25. The van der Waals surface area contributed by atoms with Gasteiger partial charge in [0.15, 0.2) is 0 Å². The second kappa shape index (κ2) is 6.23. The molecule has 1 rings (SSSR count). The number of thioether (sulfide) groups is 1. The standard InChI is InChI=1S/C12H19FN2S/c1-9(14)11-8-10(13)4-5-12(11)16-7-6-15(2)3/h4-5,8-9H,6-7,14H2,1-3H3. The molecule has 0 saturated heterocycles. The van der Waals surface area contributed by atoms with E-state index in [-0.39, 0.29) is 11.9 Å². The molecule has 0 amide bonds. The molecule has 0 aliphatic carbocycles. The quantitative estimate of drug-likeness (QED) is 0.804. The van der Waals surface area contributed by atoms with Crippen molar-refractivity contribution in [1.82, 2.24) is 4.90 Å². The van der Waals surface area contributed by atoms with Gasteiger partial charge in [0.25, 0.3) is 0 Å². The van der Waals surface area contributed by atoms with E-state index in [4.69, 9.17) is 5.73 Å². The lowest BCUT2D eigenvalue weighted by Crippen LogP contribution is -2.15. The Labute approximate surface area is 101 Å². The summed E-state index contributed by atoms with van der Waals surface area (Å²) in [5.74, 6) is 0.766. The van der Waals surface area contributed by atoms with Crippen LogP contribution in [-0.4, -0.2) is 31.3 Å². The summed E-state index contributed by atoms with van der Waals surface area (Å²) in [6.45, 7) is 2.88. The van der Waals surface area contributed by atoms with Gasteiger partial charge in [-0.3, -0.25) is 0 Å². The Hall–Kier alpha value is -0.580. The molecule has 2 nitrogen and oxygen atoms in total. The first-order valence-corrected chi connectivity index (χ1v) is 6.32. The van der Waals surface area contributed by atoms with E-state index >= 15 is 0 Å². The fourth-order valence-electron chi connectivity index (χ4n) is 1.34. The normalized spacial score (nSPS) is 13.1. The number of halogens is 1. The summed E-state index contributed by atoms with van der Waals surface area (Å²) < 4.78 is 13.1. The first-order chi connectivity index (χ1) is 7.50. The molecule has 0 radical (unpaired) electrons. The van der Waals surface area contributed by atoms with Gasteiger partial charge in [0.05, 0.1) is 0 Å². The fraction of sp³-hybridized carbons (Fsp3) is 0.500. The maximum atomic E-state index is 13.1. The van der Waals surface area contributed by atoms with Gasteiger partial charge in [-0.15, -0.1) is 11.8 Å². The van der Waals surface area contributed by atoms with Crippen LogP contribution in [0.3, 0.4) is 0 Å². The van der Waals surface area contributed by atoms with Crippen LogP contribution >= 0.6 is 11.8 Å². The molecule has 0 aliphatic heterocycles. The Bertz CT molecular complexity index is 340. The summed E-state index contributed by atoms with van der Waals surface area (Å²) in [5, 5.41) is 0. The zero-order valence-electron chi connectivity index (χ0n) is 10.0. The summed E-state index contributed by atoms with van der Waals surface area (Å²) in [6.07, 6.45) is 0. The van der Waals surface area contributed by atoms with E-state index in [2.05, 4.69) is 4.90 Å². The van der Waals surface area contributed by atoms with Crippen LogP contribution in [0.4, 0.5) is 4.39 Å². The zero-order chi connectivity index (χ0) is 12.1. The Morgan fingerprint density at radius 3 is 2.69 bits per heavy atom. The fourth-order valence-corrected chi connectivity index (χ4v) is 2.60. The summed E-state index contributed by atoms with van der Waals surface area (Å²) in [7, 11) is 4.08. The number of nitrogens with zero attached hydrogens (tertiary/aromatic N) is 1. The summed E-state index contributed by atoms with van der Waals surface area (Å²) >= 11 is 1.72. The van der Waals surface area contributed by atoms with E-state index in [0.29, 0.717) is 0 Å². The lowest BCUT2D eigenvalue weighted by Gasteiger charge is -2.14. The predicted octanol–water partition coefficient (Wildman–Crippen LogP) is 2.50. The molecular formula is C12H19FN2S. The highest BCUT2D eigenvalue weighted by Gasteiger charge is 2.08. The van der Waals surface area contributed by atoms with Crippen molar-refractivity contribution in [3.8, 4) is 0 Å². The van der Waals surface area contributed by atoms with Crippen molar-refractivity contribution in [2.45, 2.75) is 17.9 Å². The van der Waals surface area contributed by atoms with E-state index < -0.39 is 0 Å². The van der Waals surface area contributed by atoms with Crippen LogP contribution < -0.4 is 5.73 Å². The Morgan fingerprint density at radius 2 is 2.12 bits per heavy atom. The molecule has 16 heavy (non-hydrogen) atoms. The minimum Gasteiger partial charge on any atom is -0.324 e. The highest BCUT2D eigenvalue weighted by atomic mass is 32.2. The second-order valence-electron chi connectivity index (χ2n) is 4.12. The highest BCUT2D eigenvalue weighted by Crippen LogP contribution is 2.27. The largest absolute Gasteiger partial charge is 0.324 e. The van der Waals surface area contributed by atoms with Crippen molar-refractivity contribution < 1.29 is 4.39 Å². The third kappa shape index (κ3) is 4.12. The van der Waals surface area contributed by atoms with Crippen LogP contribution in [0.15, 0.2) is 23.1 Å². The van der Waals surface area contributed by atoms with Gasteiger partial charge in [0, 0.05) is 23.2 Å². The van der Waals surface area contributed by atoms with Gasteiger partial charge in [-0.05, 0) is 44.8 Å². The molecule has 1 aromatic rings. The van der Waals surface area contributed by atoms with E-state index in [1.54, 1.807) is 11.8 Å². The molecule has 4 heteroatoms. The molecule has 0 spiro atoms. The predicted molar refractivity (Wildman–Crippen MR) is 68.3 cm³/mol. The van der Waals surface area contributed by atoms with Gasteiger partial charge in [0.2, 0.25) is 0 Å². The van der Waals surface area contributed by atoms with Crippen molar-refractivity contribution in [1.29, 1.82) is 0 Å². The topological polar surface area (TPSA) is 29.3 Å². The van der Waals surface area contributed by atoms with Crippen LogP contribution in [-0.2, 0) is 0 Å². The molecule has 1 atom stereocenters. The Balaban J connectivity index is 2.71. The van der Waals surface area contributed by atoms with Crippen LogP contribution in [0.1, 0.15) is 18.5 Å². The monoisotopic (exact) mass is 242 g/mol. The molecule has 90 valence electrons. The minimum atomic E-state index is -0.218. The van der Waals surface area contributed by atoms with E-state index in [1.807, 2.05) is 27.1 Å². The van der Waals surface area contributed by atoms with Crippen LogP contribution in [0.2, 0.25) is 0 Å². The van der Waals surface area contributed by atoms with Crippen molar-refractivity contribution in [2.75, 3.05) is 26.4 Å². The molecule has 0 aliphatic rings. The van der Waals surface area contributed by atoms with Crippen molar-refractivity contribution in [3.05, 3.63) is 29.6 Å². The first kappa shape index (κ1) is 13.5. The molecule has 0 fully saturated rings. The van der Waals surface area contributed by atoms with Gasteiger partial charge in [-0.25, -0.2) is 4.39 Å². The molecule has 0 saturated carbocycles. The molecule has 0 bridgehead atoms. The molecule has 1 aromatic carbocycles. The van der Waals surface area contributed by atoms with Crippen molar-refractivity contribution in [2.24, 2.45) is 5.73 Å². The molecule has 2 N–H and O–H groups in total. The van der Waals surface area contributed by atoms with E-state index in [1.165, 1.54) is 12.1 Å². The number of hydrogen-bond donors (Lipinski definition) is 1. The van der Waals surface area contributed by atoms with E-state index in [0.717, 1.165) is 22.8 Å². The number of nitrogens with two attached hydrogens (primary N) is 1. The maximum Gasteiger partial charge on any atom is 0.123 e. The number of benzene rings is 1. The average molecular weight is 242 g/mol. The maximum absolute atomic E-state index is 13.1. The van der Waals surface area contributed by atoms with Gasteiger partial charge in [0.1, 0.15) is 5.82 Å². The molecule has 0 heterocycles. The molecular weight excluding hydrogens is 223 g/mol. The summed E-state index contributed by atoms with van der Waals surface area (Å²) in [6, 6.07) is 4.71. The SMILES string of the molecule is CC(N)c1cc(F)ccc1SCCN(C)C. The Morgan fingerprint density at radius 1 is 1.44 bits per heavy atom. The molecule has 0 aromatic heterocycles. The number of hydrogen-bond acceptors (Lipinski definition) is 3. The number of rotatable bonds is 5. The summed E-state index contributed by atoms with van der Waals surface area (Å²) in [4.78, 5) is 3.21. The van der Waals surface area contributed by atoms with Crippen LogP contribution in [0, 0.1) is 5.82 Å². The van der Waals surface area contributed by atoms with Crippen molar-refractivity contribution >= 4 is 11.8 Å². The first-order valence-electron chi connectivity index (χ1n) is 5.33. The summed E-state index contributed by atoms with van der Waals surface area (Å²) in [5.41, 5.74) is 6.72. The smallest absolute Gasteiger partial charge is 0.123 e. The third-order valence-electron chi connectivity index (χ3n) is 2.26.